The highest BCUT2D eigenvalue weighted by Gasteiger charge is 2.32. The summed E-state index contributed by atoms with van der Waals surface area (Å²) in [5.74, 6) is 0.821. The molecule has 29 heavy (non-hydrogen) atoms. The third-order valence-electron chi connectivity index (χ3n) is 4.68. The van der Waals surface area contributed by atoms with Gasteiger partial charge in [0.05, 0.1) is 25.2 Å². The molecule has 0 bridgehead atoms. The van der Waals surface area contributed by atoms with Crippen LogP contribution in [0.5, 0.6) is 11.5 Å². The summed E-state index contributed by atoms with van der Waals surface area (Å²) in [6, 6.07) is 21.3. The van der Waals surface area contributed by atoms with Gasteiger partial charge < -0.3 is 9.47 Å². The van der Waals surface area contributed by atoms with Gasteiger partial charge in [0.25, 0.3) is 0 Å². The smallest absolute Gasteiger partial charge is 0.243 e. The fourth-order valence-corrected chi connectivity index (χ4v) is 5.03. The van der Waals surface area contributed by atoms with Crippen LogP contribution in [-0.4, -0.2) is 34.0 Å². The predicted octanol–water partition coefficient (Wildman–Crippen LogP) is 4.88. The van der Waals surface area contributed by atoms with E-state index in [1.54, 1.807) is 13.1 Å². The molecule has 0 aromatic heterocycles. The van der Waals surface area contributed by atoms with Gasteiger partial charge in [-0.25, -0.2) is 8.42 Å². The maximum absolute atomic E-state index is 13.6. The minimum Gasteiger partial charge on any atom is -0.497 e. The van der Waals surface area contributed by atoms with E-state index in [0.29, 0.717) is 11.5 Å². The molecule has 1 atom stereocenters. The zero-order chi connectivity index (χ0) is 21.0. The van der Waals surface area contributed by atoms with Gasteiger partial charge >= 0.3 is 0 Å². The number of rotatable bonds is 7. The number of hydrogen-bond acceptors (Lipinski definition) is 4. The molecule has 3 rings (SSSR count). The molecular weight excluding hydrogens is 454 g/mol. The molecule has 0 saturated heterocycles. The van der Waals surface area contributed by atoms with Crippen molar-refractivity contribution in [3.8, 4) is 11.5 Å². The second-order valence-corrected chi connectivity index (χ2v) is 9.26. The molecule has 0 aliphatic carbocycles. The van der Waals surface area contributed by atoms with Gasteiger partial charge in [-0.1, -0.05) is 64.5 Å². The second-order valence-electron chi connectivity index (χ2n) is 6.40. The Morgan fingerprint density at radius 2 is 1.41 bits per heavy atom. The number of sulfonamides is 1. The Morgan fingerprint density at radius 1 is 0.862 bits per heavy atom. The van der Waals surface area contributed by atoms with Crippen LogP contribution in [0.3, 0.4) is 0 Å². The Balaban J connectivity index is 2.15. The number of ether oxygens (including phenoxy) is 2. The van der Waals surface area contributed by atoms with Crippen LogP contribution < -0.4 is 9.47 Å². The lowest BCUT2D eigenvalue weighted by Crippen LogP contribution is -2.32. The van der Waals surface area contributed by atoms with Crippen LogP contribution in [0.2, 0.25) is 0 Å². The molecule has 0 fully saturated rings. The third-order valence-corrected chi connectivity index (χ3v) is 7.20. The minimum absolute atomic E-state index is 0.101. The van der Waals surface area contributed by atoms with Gasteiger partial charge in [0.15, 0.2) is 0 Å². The molecule has 7 heteroatoms. The first kappa shape index (κ1) is 21.4. The summed E-state index contributed by atoms with van der Waals surface area (Å²) in [4.78, 5) is 0.101. The van der Waals surface area contributed by atoms with E-state index in [1.807, 2.05) is 54.6 Å². The standard InChI is InChI=1S/C22H22BrNO4S/c1-24(29(25,26)19-14-17(27-2)13-18(15-19)28-3)22(16-9-5-4-6-10-16)20-11-7-8-12-21(20)23/h4-15,22H,1-3H3. The maximum atomic E-state index is 13.6. The molecule has 0 spiro atoms. The topological polar surface area (TPSA) is 55.8 Å². The van der Waals surface area contributed by atoms with Crippen LogP contribution in [-0.2, 0) is 10.0 Å². The van der Waals surface area contributed by atoms with Crippen molar-refractivity contribution in [2.45, 2.75) is 10.9 Å². The number of nitrogens with zero attached hydrogens (tertiary/aromatic N) is 1. The van der Waals surface area contributed by atoms with E-state index in [9.17, 15) is 8.42 Å². The summed E-state index contributed by atoms with van der Waals surface area (Å²) in [6.45, 7) is 0. The molecule has 5 nitrogen and oxygen atoms in total. The van der Waals surface area contributed by atoms with Crippen LogP contribution in [0.1, 0.15) is 17.2 Å². The highest BCUT2D eigenvalue weighted by atomic mass is 79.9. The molecule has 0 saturated carbocycles. The third kappa shape index (κ3) is 4.47. The molecule has 0 aliphatic heterocycles. The van der Waals surface area contributed by atoms with Gasteiger partial charge in [-0.15, -0.1) is 0 Å². The molecule has 3 aromatic rings. The summed E-state index contributed by atoms with van der Waals surface area (Å²) < 4.78 is 39.8. The zero-order valence-electron chi connectivity index (χ0n) is 16.4. The molecule has 1 unspecified atom stereocenters. The quantitative estimate of drug-likeness (QED) is 0.488. The van der Waals surface area contributed by atoms with E-state index < -0.39 is 16.1 Å². The monoisotopic (exact) mass is 475 g/mol. The highest BCUT2D eigenvalue weighted by molar-refractivity contribution is 9.10. The molecule has 0 amide bonds. The van der Waals surface area contributed by atoms with Gasteiger partial charge in [-0.3, -0.25) is 0 Å². The van der Waals surface area contributed by atoms with Crippen LogP contribution in [0.25, 0.3) is 0 Å². The summed E-state index contributed by atoms with van der Waals surface area (Å²) >= 11 is 3.57. The average molecular weight is 476 g/mol. The van der Waals surface area contributed by atoms with E-state index in [0.717, 1.165) is 15.6 Å². The fourth-order valence-electron chi connectivity index (χ4n) is 3.15. The van der Waals surface area contributed by atoms with E-state index in [-0.39, 0.29) is 4.90 Å². The van der Waals surface area contributed by atoms with E-state index in [1.165, 1.54) is 30.7 Å². The van der Waals surface area contributed by atoms with Gasteiger partial charge in [-0.05, 0) is 17.2 Å². The molecule has 0 heterocycles. The number of hydrogen-bond donors (Lipinski definition) is 0. The first-order valence-electron chi connectivity index (χ1n) is 8.89. The SMILES string of the molecule is COc1cc(OC)cc(S(=O)(=O)N(C)C(c2ccccc2)c2ccccc2Br)c1. The van der Waals surface area contributed by atoms with Crippen LogP contribution in [0.15, 0.2) is 82.2 Å². The van der Waals surface area contributed by atoms with Crippen molar-refractivity contribution in [3.05, 3.63) is 88.4 Å². The van der Waals surface area contributed by atoms with E-state index in [4.69, 9.17) is 9.47 Å². The largest absolute Gasteiger partial charge is 0.497 e. The fraction of sp³-hybridized carbons (Fsp3) is 0.182. The first-order valence-corrected chi connectivity index (χ1v) is 11.1. The van der Waals surface area contributed by atoms with Gasteiger partial charge in [0.1, 0.15) is 11.5 Å². The molecule has 152 valence electrons. The Kier molecular flexibility index (Phi) is 6.62. The Bertz CT molecular complexity index is 1060. The number of methoxy groups -OCH3 is 2. The summed E-state index contributed by atoms with van der Waals surface area (Å²) in [5.41, 5.74) is 1.71. The normalized spacial score (nSPS) is 12.6. The molecule has 0 aliphatic rings. The average Bonchev–Trinajstić information content (AvgIpc) is 2.75. The van der Waals surface area contributed by atoms with Crippen LogP contribution >= 0.6 is 15.9 Å². The van der Waals surface area contributed by atoms with Crippen molar-refractivity contribution in [2.75, 3.05) is 21.3 Å². The van der Waals surface area contributed by atoms with Crippen molar-refractivity contribution in [1.29, 1.82) is 0 Å². The molecule has 0 N–H and O–H groups in total. The van der Waals surface area contributed by atoms with E-state index in [2.05, 4.69) is 15.9 Å². The van der Waals surface area contributed by atoms with Gasteiger partial charge in [0, 0.05) is 29.7 Å². The van der Waals surface area contributed by atoms with Gasteiger partial charge in [0.2, 0.25) is 10.0 Å². The minimum atomic E-state index is -3.86. The highest BCUT2D eigenvalue weighted by Crippen LogP contribution is 2.37. The lowest BCUT2D eigenvalue weighted by molar-refractivity contribution is 0.389. The van der Waals surface area contributed by atoms with E-state index >= 15 is 0 Å². The lowest BCUT2D eigenvalue weighted by Gasteiger charge is -2.29. The Hall–Kier alpha value is -2.35. The van der Waals surface area contributed by atoms with Crippen molar-refractivity contribution < 1.29 is 17.9 Å². The van der Waals surface area contributed by atoms with Crippen molar-refractivity contribution in [1.82, 2.24) is 4.31 Å². The molecular formula is C22H22BrNO4S. The number of benzene rings is 3. The van der Waals surface area contributed by atoms with Crippen LogP contribution in [0, 0.1) is 0 Å². The maximum Gasteiger partial charge on any atom is 0.243 e. The van der Waals surface area contributed by atoms with Crippen molar-refractivity contribution in [3.63, 3.8) is 0 Å². The van der Waals surface area contributed by atoms with Crippen LogP contribution in [0.4, 0.5) is 0 Å². The Labute approximate surface area is 180 Å². The van der Waals surface area contributed by atoms with Crippen molar-refractivity contribution in [2.24, 2.45) is 0 Å². The second kappa shape index (κ2) is 8.98. The van der Waals surface area contributed by atoms with Gasteiger partial charge in [-0.2, -0.15) is 4.31 Å². The molecule has 0 radical (unpaired) electrons. The van der Waals surface area contributed by atoms with Crippen molar-refractivity contribution >= 4 is 26.0 Å². The molecule has 3 aromatic carbocycles. The first-order chi connectivity index (χ1) is 13.9. The lowest BCUT2D eigenvalue weighted by atomic mass is 9.99. The summed E-state index contributed by atoms with van der Waals surface area (Å²) in [7, 11) is 0.695. The number of halogens is 1. The Morgan fingerprint density at radius 3 is 1.97 bits per heavy atom. The zero-order valence-corrected chi connectivity index (χ0v) is 18.8. The summed E-state index contributed by atoms with van der Waals surface area (Å²) in [6.07, 6.45) is 0. The summed E-state index contributed by atoms with van der Waals surface area (Å²) in [5, 5.41) is 0. The predicted molar refractivity (Wildman–Crippen MR) is 117 cm³/mol.